The maximum Gasteiger partial charge on any atom is 0.243 e. The molecular weight excluding hydrogens is 466 g/mol. The Morgan fingerprint density at radius 3 is 2.03 bits per heavy atom. The molecule has 1 atom stereocenters. The zero-order valence-corrected chi connectivity index (χ0v) is 21.3. The molecule has 2 rings (SSSR count). The van der Waals surface area contributed by atoms with Crippen LogP contribution in [0.4, 0.5) is 5.69 Å². The summed E-state index contributed by atoms with van der Waals surface area (Å²) in [5.41, 5.74) is 2.22. The van der Waals surface area contributed by atoms with Gasteiger partial charge in [-0.25, -0.2) is 21.1 Å². The molecule has 0 bridgehead atoms. The summed E-state index contributed by atoms with van der Waals surface area (Å²) in [7, 11) is -4.32. The van der Waals surface area contributed by atoms with Crippen molar-refractivity contribution in [3.8, 4) is 5.75 Å². The van der Waals surface area contributed by atoms with E-state index in [9.17, 15) is 21.6 Å². The van der Waals surface area contributed by atoms with Crippen molar-refractivity contribution in [1.29, 1.82) is 0 Å². The van der Waals surface area contributed by atoms with Crippen molar-refractivity contribution in [2.45, 2.75) is 31.7 Å². The Kier molecular flexibility index (Phi) is 8.50. The van der Waals surface area contributed by atoms with Gasteiger partial charge < -0.3 is 10.1 Å². The Hall–Kier alpha value is -2.63. The van der Waals surface area contributed by atoms with Crippen molar-refractivity contribution in [2.75, 3.05) is 37.8 Å². The topological polar surface area (TPSA) is 113 Å². The van der Waals surface area contributed by atoms with Crippen molar-refractivity contribution < 1.29 is 26.4 Å². The molecule has 0 aliphatic heterocycles. The summed E-state index contributed by atoms with van der Waals surface area (Å²) in [4.78, 5) is 12.8. The first kappa shape index (κ1) is 26.6. The highest BCUT2D eigenvalue weighted by atomic mass is 32.2. The molecule has 0 heterocycles. The van der Waals surface area contributed by atoms with Crippen LogP contribution in [-0.4, -0.2) is 66.6 Å². The maximum absolute atomic E-state index is 12.7. The third-order valence-electron chi connectivity index (χ3n) is 4.82. The Morgan fingerprint density at radius 2 is 1.55 bits per heavy atom. The summed E-state index contributed by atoms with van der Waals surface area (Å²) in [5, 5.41) is 2.68. The van der Waals surface area contributed by atoms with E-state index < -0.39 is 32.0 Å². The van der Waals surface area contributed by atoms with Crippen LogP contribution in [0.1, 0.15) is 18.1 Å². The number of rotatable bonds is 10. The SMILES string of the molecule is Cc1cc(C)cc(N(C(C)C(=O)NCCOc2ccc(S(=O)(=O)N(C)C)cc2)S(C)(=O)=O)c1. The van der Waals surface area contributed by atoms with Crippen molar-refractivity contribution in [3.05, 3.63) is 53.6 Å². The van der Waals surface area contributed by atoms with Crippen molar-refractivity contribution in [2.24, 2.45) is 0 Å². The standard InChI is InChI=1S/C22H31N3O6S2/c1-16-13-17(2)15-19(14-16)25(32(6,27)28)18(3)22(26)23-11-12-31-20-7-9-21(10-8-20)33(29,30)24(4)5/h7-10,13-15,18H,11-12H2,1-6H3,(H,23,26). The Bertz CT molecular complexity index is 1170. The molecule has 0 spiro atoms. The fourth-order valence-corrected chi connectivity index (χ4v) is 5.36. The lowest BCUT2D eigenvalue weighted by atomic mass is 10.1. The molecule has 33 heavy (non-hydrogen) atoms. The first-order valence-corrected chi connectivity index (χ1v) is 13.5. The summed E-state index contributed by atoms with van der Waals surface area (Å²) >= 11 is 0. The molecule has 1 amide bonds. The van der Waals surface area contributed by atoms with E-state index in [1.54, 1.807) is 12.1 Å². The van der Waals surface area contributed by atoms with Crippen LogP contribution < -0.4 is 14.4 Å². The van der Waals surface area contributed by atoms with Crippen LogP contribution in [0.5, 0.6) is 5.75 Å². The van der Waals surface area contributed by atoms with Gasteiger partial charge in [0.05, 0.1) is 23.4 Å². The lowest BCUT2D eigenvalue weighted by Gasteiger charge is -2.28. The highest BCUT2D eigenvalue weighted by Gasteiger charge is 2.29. The lowest BCUT2D eigenvalue weighted by Crippen LogP contribution is -2.48. The van der Waals surface area contributed by atoms with E-state index in [0.29, 0.717) is 11.4 Å². The number of benzene rings is 2. The lowest BCUT2D eigenvalue weighted by molar-refractivity contribution is -0.121. The van der Waals surface area contributed by atoms with Gasteiger partial charge in [-0.15, -0.1) is 0 Å². The molecule has 2 aromatic rings. The van der Waals surface area contributed by atoms with E-state index >= 15 is 0 Å². The Balaban J connectivity index is 1.99. The van der Waals surface area contributed by atoms with E-state index in [-0.39, 0.29) is 18.0 Å². The molecule has 0 saturated heterocycles. The van der Waals surface area contributed by atoms with E-state index in [4.69, 9.17) is 4.74 Å². The average Bonchev–Trinajstić information content (AvgIpc) is 2.69. The maximum atomic E-state index is 12.7. The summed E-state index contributed by atoms with van der Waals surface area (Å²) in [6.07, 6.45) is 1.07. The van der Waals surface area contributed by atoms with Crippen molar-refractivity contribution in [3.63, 3.8) is 0 Å². The van der Waals surface area contributed by atoms with Crippen molar-refractivity contribution in [1.82, 2.24) is 9.62 Å². The number of nitrogens with one attached hydrogen (secondary N) is 1. The monoisotopic (exact) mass is 497 g/mol. The van der Waals surface area contributed by atoms with Gasteiger partial charge in [0.2, 0.25) is 26.0 Å². The van der Waals surface area contributed by atoms with Gasteiger partial charge in [0, 0.05) is 14.1 Å². The van der Waals surface area contributed by atoms with E-state index in [1.165, 1.54) is 45.3 Å². The minimum Gasteiger partial charge on any atom is -0.492 e. The third kappa shape index (κ3) is 6.92. The second-order valence-corrected chi connectivity index (χ2v) is 12.0. The number of hydrogen-bond acceptors (Lipinski definition) is 6. The van der Waals surface area contributed by atoms with Gasteiger partial charge >= 0.3 is 0 Å². The zero-order valence-electron chi connectivity index (χ0n) is 19.7. The van der Waals surface area contributed by atoms with Gasteiger partial charge in [-0.2, -0.15) is 0 Å². The van der Waals surface area contributed by atoms with Gasteiger partial charge in [-0.3, -0.25) is 9.10 Å². The Labute approximate surface area is 196 Å². The first-order chi connectivity index (χ1) is 15.2. The summed E-state index contributed by atoms with van der Waals surface area (Å²) in [6, 6.07) is 10.4. The summed E-state index contributed by atoms with van der Waals surface area (Å²) in [5.74, 6) is -0.0152. The third-order valence-corrected chi connectivity index (χ3v) is 7.89. The van der Waals surface area contributed by atoms with Crippen LogP contribution in [0, 0.1) is 13.8 Å². The highest BCUT2D eigenvalue weighted by Crippen LogP contribution is 2.24. The first-order valence-electron chi connectivity index (χ1n) is 10.2. The van der Waals surface area contributed by atoms with Gasteiger partial charge in [0.25, 0.3) is 0 Å². The molecule has 0 aromatic heterocycles. The molecule has 0 saturated carbocycles. The van der Waals surface area contributed by atoms with Crippen LogP contribution in [0.3, 0.4) is 0 Å². The Morgan fingerprint density at radius 1 is 1.00 bits per heavy atom. The molecule has 2 aromatic carbocycles. The fraction of sp³-hybridized carbons (Fsp3) is 0.409. The molecule has 9 nitrogen and oxygen atoms in total. The van der Waals surface area contributed by atoms with Crippen LogP contribution in [0.25, 0.3) is 0 Å². The van der Waals surface area contributed by atoms with Crippen LogP contribution >= 0.6 is 0 Å². The van der Waals surface area contributed by atoms with Crippen LogP contribution in [0.15, 0.2) is 47.4 Å². The number of carbonyl (C=O) groups is 1. The molecule has 1 N–H and O–H groups in total. The van der Waals surface area contributed by atoms with Crippen LogP contribution in [-0.2, 0) is 24.8 Å². The highest BCUT2D eigenvalue weighted by molar-refractivity contribution is 7.92. The molecule has 0 radical (unpaired) electrons. The fourth-order valence-electron chi connectivity index (χ4n) is 3.30. The molecule has 182 valence electrons. The van der Waals surface area contributed by atoms with Gasteiger partial charge in [0.1, 0.15) is 18.4 Å². The zero-order chi connectivity index (χ0) is 25.0. The largest absolute Gasteiger partial charge is 0.492 e. The van der Waals surface area contributed by atoms with Gasteiger partial charge in [-0.05, 0) is 68.3 Å². The number of aryl methyl sites for hydroxylation is 2. The molecule has 0 fully saturated rings. The minimum atomic E-state index is -3.70. The minimum absolute atomic E-state index is 0.126. The predicted molar refractivity (Wildman–Crippen MR) is 129 cm³/mol. The van der Waals surface area contributed by atoms with E-state index in [1.807, 2.05) is 19.9 Å². The number of ether oxygens (including phenoxy) is 1. The number of anilines is 1. The number of amides is 1. The summed E-state index contributed by atoms with van der Waals surface area (Å²) in [6.45, 7) is 5.52. The quantitative estimate of drug-likeness (QED) is 0.502. The second-order valence-electron chi connectivity index (χ2n) is 7.98. The van der Waals surface area contributed by atoms with E-state index in [0.717, 1.165) is 26.0 Å². The molecule has 1 unspecified atom stereocenters. The van der Waals surface area contributed by atoms with E-state index in [2.05, 4.69) is 5.32 Å². The molecule has 11 heteroatoms. The second kappa shape index (κ2) is 10.5. The summed E-state index contributed by atoms with van der Waals surface area (Å²) < 4.78 is 56.8. The normalized spacial score (nSPS) is 12.9. The number of nitrogens with zero attached hydrogens (tertiary/aromatic N) is 2. The van der Waals surface area contributed by atoms with Crippen molar-refractivity contribution >= 4 is 31.6 Å². The smallest absolute Gasteiger partial charge is 0.243 e. The number of hydrogen-bond donors (Lipinski definition) is 1. The number of sulfonamides is 2. The molecule has 0 aliphatic carbocycles. The predicted octanol–water partition coefficient (Wildman–Crippen LogP) is 1.90. The van der Waals surface area contributed by atoms with Crippen LogP contribution in [0.2, 0.25) is 0 Å². The number of carbonyl (C=O) groups excluding carboxylic acids is 1. The average molecular weight is 498 g/mol. The molecule has 0 aliphatic rings. The molecular formula is C22H31N3O6S2. The van der Waals surface area contributed by atoms with Gasteiger partial charge in [0.15, 0.2) is 0 Å². The van der Waals surface area contributed by atoms with Gasteiger partial charge in [-0.1, -0.05) is 6.07 Å².